The summed E-state index contributed by atoms with van der Waals surface area (Å²) >= 11 is 0. The lowest BCUT2D eigenvalue weighted by atomic mass is 10.3. The van der Waals surface area contributed by atoms with Gasteiger partial charge in [0.15, 0.2) is 0 Å². The van der Waals surface area contributed by atoms with Crippen molar-refractivity contribution in [2.75, 3.05) is 0 Å². The van der Waals surface area contributed by atoms with E-state index in [2.05, 4.69) is 19.9 Å². The molecule has 2 rings (SSSR count). The summed E-state index contributed by atoms with van der Waals surface area (Å²) in [6.45, 7) is 1.64. The molecule has 1 aromatic carbocycles. The monoisotopic (exact) mass is 268 g/mol. The third-order valence-corrected chi connectivity index (χ3v) is 3.84. The Balaban J connectivity index is 2.22. The van der Waals surface area contributed by atoms with Gasteiger partial charge in [0, 0.05) is 0 Å². The van der Waals surface area contributed by atoms with Crippen LogP contribution in [0.1, 0.15) is 18.8 Å². The van der Waals surface area contributed by atoms with Crippen molar-refractivity contribution in [2.45, 2.75) is 17.9 Å². The van der Waals surface area contributed by atoms with Crippen molar-refractivity contribution in [3.63, 3.8) is 0 Å². The van der Waals surface area contributed by atoms with E-state index in [1.165, 1.54) is 30.6 Å². The van der Waals surface area contributed by atoms with E-state index in [4.69, 9.17) is 0 Å². The number of phenols is 1. The second-order valence-electron chi connectivity index (χ2n) is 3.71. The Morgan fingerprint density at radius 3 is 2.83 bits per heavy atom. The van der Waals surface area contributed by atoms with Crippen LogP contribution in [0, 0.1) is 0 Å². The highest BCUT2D eigenvalue weighted by Gasteiger charge is 2.20. The van der Waals surface area contributed by atoms with Crippen LogP contribution in [0.2, 0.25) is 0 Å². The molecule has 0 bridgehead atoms. The molecule has 0 aliphatic rings. The minimum absolute atomic E-state index is 0.00568. The van der Waals surface area contributed by atoms with Crippen LogP contribution in [0.3, 0.4) is 0 Å². The van der Waals surface area contributed by atoms with Crippen molar-refractivity contribution in [1.29, 1.82) is 0 Å². The number of nitrogens with one attached hydrogen (secondary N) is 2. The molecule has 1 atom stereocenters. The number of H-pyrrole nitrogens is 1. The van der Waals surface area contributed by atoms with Gasteiger partial charge < -0.3 is 5.11 Å². The molecule has 8 heteroatoms. The first-order valence-corrected chi connectivity index (χ1v) is 6.64. The van der Waals surface area contributed by atoms with E-state index in [1.54, 1.807) is 6.92 Å². The minimum atomic E-state index is -3.71. The fraction of sp³-hybridized carbons (Fsp3) is 0.200. The zero-order valence-electron chi connectivity index (χ0n) is 9.53. The Kier molecular flexibility index (Phi) is 3.30. The van der Waals surface area contributed by atoms with Crippen LogP contribution < -0.4 is 4.72 Å². The number of sulfonamides is 1. The minimum Gasteiger partial charge on any atom is -0.508 e. The SMILES string of the molecule is CC(NS(=O)(=O)c1cccc(O)c1)c1ncn[nH]1. The van der Waals surface area contributed by atoms with E-state index in [-0.39, 0.29) is 10.6 Å². The van der Waals surface area contributed by atoms with Crippen LogP contribution in [-0.4, -0.2) is 28.7 Å². The molecule has 7 nitrogen and oxygen atoms in total. The van der Waals surface area contributed by atoms with Gasteiger partial charge in [-0.25, -0.2) is 18.1 Å². The lowest BCUT2D eigenvalue weighted by Gasteiger charge is -2.11. The number of benzene rings is 1. The number of aromatic hydroxyl groups is 1. The molecule has 0 saturated carbocycles. The molecule has 96 valence electrons. The average Bonchev–Trinajstić information content (AvgIpc) is 2.82. The van der Waals surface area contributed by atoms with Crippen LogP contribution in [0.15, 0.2) is 35.5 Å². The van der Waals surface area contributed by atoms with Gasteiger partial charge in [0.05, 0.1) is 10.9 Å². The van der Waals surface area contributed by atoms with Gasteiger partial charge in [0.2, 0.25) is 10.0 Å². The molecule has 0 amide bonds. The fourth-order valence-corrected chi connectivity index (χ4v) is 2.68. The van der Waals surface area contributed by atoms with E-state index in [0.717, 1.165) is 0 Å². The smallest absolute Gasteiger partial charge is 0.241 e. The number of hydrogen-bond donors (Lipinski definition) is 3. The zero-order valence-corrected chi connectivity index (χ0v) is 10.3. The molecular formula is C10H12N4O3S. The predicted octanol–water partition coefficient (Wildman–Crippen LogP) is 0.550. The Bertz CT molecular complexity index is 624. The maximum absolute atomic E-state index is 12.0. The summed E-state index contributed by atoms with van der Waals surface area (Å²) < 4.78 is 26.4. The van der Waals surface area contributed by atoms with Gasteiger partial charge in [0.1, 0.15) is 17.9 Å². The quantitative estimate of drug-likeness (QED) is 0.750. The molecular weight excluding hydrogens is 256 g/mol. The molecule has 18 heavy (non-hydrogen) atoms. The summed E-state index contributed by atoms with van der Waals surface area (Å²) in [7, 11) is -3.71. The van der Waals surface area contributed by atoms with Gasteiger partial charge >= 0.3 is 0 Å². The predicted molar refractivity (Wildman–Crippen MR) is 63.2 cm³/mol. The zero-order chi connectivity index (χ0) is 13.2. The average molecular weight is 268 g/mol. The van der Waals surface area contributed by atoms with Gasteiger partial charge in [0.25, 0.3) is 0 Å². The van der Waals surface area contributed by atoms with E-state index >= 15 is 0 Å². The second-order valence-corrected chi connectivity index (χ2v) is 5.43. The van der Waals surface area contributed by atoms with Gasteiger partial charge in [-0.1, -0.05) is 6.07 Å². The highest BCUT2D eigenvalue weighted by Crippen LogP contribution is 2.18. The number of nitrogens with zero attached hydrogens (tertiary/aromatic N) is 2. The molecule has 0 aliphatic heterocycles. The molecule has 0 spiro atoms. The van der Waals surface area contributed by atoms with E-state index in [9.17, 15) is 13.5 Å². The molecule has 3 N–H and O–H groups in total. The lowest BCUT2D eigenvalue weighted by Crippen LogP contribution is -2.27. The third kappa shape index (κ3) is 2.66. The van der Waals surface area contributed by atoms with Crippen LogP contribution >= 0.6 is 0 Å². The summed E-state index contributed by atoms with van der Waals surface area (Å²) in [6.07, 6.45) is 1.30. The van der Waals surface area contributed by atoms with E-state index in [0.29, 0.717) is 5.82 Å². The third-order valence-electron chi connectivity index (χ3n) is 2.30. The molecule has 1 unspecified atom stereocenters. The molecule has 0 radical (unpaired) electrons. The molecule has 1 heterocycles. The number of hydrogen-bond acceptors (Lipinski definition) is 5. The van der Waals surface area contributed by atoms with Crippen molar-refractivity contribution >= 4 is 10.0 Å². The Hall–Kier alpha value is -1.93. The maximum atomic E-state index is 12.0. The van der Waals surface area contributed by atoms with Crippen molar-refractivity contribution in [2.24, 2.45) is 0 Å². The Labute approximate surface area is 104 Å². The van der Waals surface area contributed by atoms with Gasteiger partial charge in [-0.2, -0.15) is 5.10 Å². The standard InChI is InChI=1S/C10H12N4O3S/c1-7(10-11-6-12-13-10)14-18(16,17)9-4-2-3-8(15)5-9/h2-7,14-15H,1H3,(H,11,12,13). The topological polar surface area (TPSA) is 108 Å². The normalized spacial score (nSPS) is 13.4. The molecule has 1 aromatic heterocycles. The van der Waals surface area contributed by atoms with Crippen LogP contribution in [0.4, 0.5) is 0 Å². The number of phenolic OH excluding ortho intramolecular Hbond substituents is 1. The highest BCUT2D eigenvalue weighted by molar-refractivity contribution is 7.89. The molecule has 0 fully saturated rings. The summed E-state index contributed by atoms with van der Waals surface area (Å²) in [5.41, 5.74) is 0. The second kappa shape index (κ2) is 4.75. The van der Waals surface area contributed by atoms with Crippen LogP contribution in [0.5, 0.6) is 5.75 Å². The number of rotatable bonds is 4. The molecule has 2 aromatic rings. The first kappa shape index (κ1) is 12.5. The first-order chi connectivity index (χ1) is 8.49. The largest absolute Gasteiger partial charge is 0.508 e. The number of aromatic amines is 1. The van der Waals surface area contributed by atoms with E-state index in [1.807, 2.05) is 0 Å². The lowest BCUT2D eigenvalue weighted by molar-refractivity contribution is 0.473. The van der Waals surface area contributed by atoms with Gasteiger partial charge in [-0.15, -0.1) is 0 Å². The Morgan fingerprint density at radius 2 is 2.22 bits per heavy atom. The summed E-state index contributed by atoms with van der Waals surface area (Å²) in [5, 5.41) is 15.5. The van der Waals surface area contributed by atoms with Crippen molar-refractivity contribution in [3.05, 3.63) is 36.4 Å². The molecule has 0 aliphatic carbocycles. The van der Waals surface area contributed by atoms with Gasteiger partial charge in [-0.05, 0) is 25.1 Å². The maximum Gasteiger partial charge on any atom is 0.241 e. The fourth-order valence-electron chi connectivity index (χ4n) is 1.43. The van der Waals surface area contributed by atoms with E-state index < -0.39 is 16.1 Å². The summed E-state index contributed by atoms with van der Waals surface area (Å²) in [4.78, 5) is 3.86. The van der Waals surface area contributed by atoms with Crippen LogP contribution in [0.25, 0.3) is 0 Å². The van der Waals surface area contributed by atoms with Crippen LogP contribution in [-0.2, 0) is 10.0 Å². The van der Waals surface area contributed by atoms with Gasteiger partial charge in [-0.3, -0.25) is 5.10 Å². The molecule has 0 saturated heterocycles. The Morgan fingerprint density at radius 1 is 1.44 bits per heavy atom. The van der Waals surface area contributed by atoms with Crippen molar-refractivity contribution < 1.29 is 13.5 Å². The first-order valence-electron chi connectivity index (χ1n) is 5.15. The highest BCUT2D eigenvalue weighted by atomic mass is 32.2. The van der Waals surface area contributed by atoms with Crippen molar-refractivity contribution in [1.82, 2.24) is 19.9 Å². The van der Waals surface area contributed by atoms with Crippen molar-refractivity contribution in [3.8, 4) is 5.75 Å². The summed E-state index contributed by atoms with van der Waals surface area (Å²) in [6, 6.07) is 4.90. The number of aromatic nitrogens is 3. The summed E-state index contributed by atoms with van der Waals surface area (Å²) in [5.74, 6) is 0.309.